The Morgan fingerprint density at radius 3 is 2.58 bits per heavy atom. The molecule has 8 heteroatoms. The van der Waals surface area contributed by atoms with Gasteiger partial charge in [0, 0.05) is 18.0 Å². The minimum absolute atomic E-state index is 0.146. The predicted octanol–water partition coefficient (Wildman–Crippen LogP) is 4.67. The number of benzene rings is 1. The quantitative estimate of drug-likeness (QED) is 0.686. The van der Waals surface area contributed by atoms with Crippen molar-refractivity contribution in [1.82, 2.24) is 15.0 Å². The number of rotatable bonds is 3. The summed E-state index contributed by atoms with van der Waals surface area (Å²) in [5.41, 5.74) is 1.53. The molecule has 0 spiro atoms. The molecule has 24 heavy (non-hydrogen) atoms. The molecule has 0 saturated heterocycles. The smallest absolute Gasteiger partial charge is 0.429 e. The normalized spacial score (nSPS) is 13.0. The Hall–Kier alpha value is -2.41. The van der Waals surface area contributed by atoms with Crippen molar-refractivity contribution in [2.45, 2.75) is 19.2 Å². The second-order valence-electron chi connectivity index (χ2n) is 5.09. The molecular formula is C16H11ClF3N3O. The number of pyridine rings is 1. The molecule has 124 valence electrons. The van der Waals surface area contributed by atoms with Gasteiger partial charge >= 0.3 is 6.18 Å². The third kappa shape index (κ3) is 3.26. The highest BCUT2D eigenvalue weighted by atomic mass is 35.5. The average molecular weight is 354 g/mol. The second kappa shape index (κ2) is 6.24. The van der Waals surface area contributed by atoms with E-state index in [1.807, 2.05) is 0 Å². The lowest BCUT2D eigenvalue weighted by atomic mass is 10.1. The average Bonchev–Trinajstić information content (AvgIpc) is 2.53. The predicted molar refractivity (Wildman–Crippen MR) is 82.9 cm³/mol. The van der Waals surface area contributed by atoms with E-state index < -0.39 is 12.3 Å². The molecule has 1 atom stereocenters. The van der Waals surface area contributed by atoms with Gasteiger partial charge in [0.25, 0.3) is 5.88 Å². The van der Waals surface area contributed by atoms with E-state index in [2.05, 4.69) is 15.0 Å². The summed E-state index contributed by atoms with van der Waals surface area (Å²) in [6, 6.07) is 7.88. The Balaban J connectivity index is 2.06. The van der Waals surface area contributed by atoms with Gasteiger partial charge in [0.2, 0.25) is 6.10 Å². The van der Waals surface area contributed by atoms with E-state index in [4.69, 9.17) is 16.3 Å². The summed E-state index contributed by atoms with van der Waals surface area (Å²) in [5, 5.41) is -0.230. The zero-order chi connectivity index (χ0) is 17.3. The van der Waals surface area contributed by atoms with Crippen LogP contribution in [0, 0.1) is 6.92 Å². The summed E-state index contributed by atoms with van der Waals surface area (Å²) in [5.74, 6) is -0.371. The SMILES string of the molecule is Cc1cccc2nc(Cl)c(OC(c3cccnc3)C(F)(F)F)nc12. The van der Waals surface area contributed by atoms with Gasteiger partial charge in [-0.25, -0.2) is 9.97 Å². The van der Waals surface area contributed by atoms with Gasteiger partial charge in [-0.05, 0) is 24.6 Å². The fourth-order valence-corrected chi connectivity index (χ4v) is 2.40. The fraction of sp³-hybridized carbons (Fsp3) is 0.188. The minimum Gasteiger partial charge on any atom is -0.457 e. The van der Waals surface area contributed by atoms with E-state index in [0.717, 1.165) is 11.8 Å². The summed E-state index contributed by atoms with van der Waals surface area (Å²) >= 11 is 5.96. The molecule has 3 aromatic rings. The standard InChI is InChI=1S/C16H11ClF3N3O/c1-9-4-2-6-11-12(9)23-15(14(17)22-11)24-13(16(18,19)20)10-5-3-7-21-8-10/h2-8,13H,1H3. The maximum atomic E-state index is 13.4. The lowest BCUT2D eigenvalue weighted by Crippen LogP contribution is -2.26. The van der Waals surface area contributed by atoms with Crippen molar-refractivity contribution in [2.75, 3.05) is 0 Å². The maximum Gasteiger partial charge on any atom is 0.429 e. The zero-order valence-electron chi connectivity index (χ0n) is 12.4. The van der Waals surface area contributed by atoms with Crippen molar-refractivity contribution in [2.24, 2.45) is 0 Å². The number of para-hydroxylation sites is 1. The van der Waals surface area contributed by atoms with Crippen LogP contribution in [0.5, 0.6) is 5.88 Å². The molecule has 0 N–H and O–H groups in total. The van der Waals surface area contributed by atoms with Gasteiger partial charge in [-0.15, -0.1) is 0 Å². The van der Waals surface area contributed by atoms with Gasteiger partial charge < -0.3 is 4.74 Å². The van der Waals surface area contributed by atoms with Crippen LogP contribution in [0.3, 0.4) is 0 Å². The molecule has 3 rings (SSSR count). The number of nitrogens with zero attached hydrogens (tertiary/aromatic N) is 3. The van der Waals surface area contributed by atoms with Gasteiger partial charge in [-0.2, -0.15) is 13.2 Å². The maximum absolute atomic E-state index is 13.4. The first-order valence-corrected chi connectivity index (χ1v) is 7.30. The molecule has 2 heterocycles. The van der Waals surface area contributed by atoms with Gasteiger partial charge in [0.05, 0.1) is 11.0 Å². The number of fused-ring (bicyclic) bond motifs is 1. The van der Waals surface area contributed by atoms with Crippen LogP contribution >= 0.6 is 11.6 Å². The molecule has 4 nitrogen and oxygen atoms in total. The van der Waals surface area contributed by atoms with Gasteiger partial charge in [-0.3, -0.25) is 4.98 Å². The minimum atomic E-state index is -4.66. The van der Waals surface area contributed by atoms with Crippen molar-refractivity contribution >= 4 is 22.6 Å². The van der Waals surface area contributed by atoms with Crippen LogP contribution in [0.4, 0.5) is 13.2 Å². The Kier molecular flexibility index (Phi) is 4.28. The lowest BCUT2D eigenvalue weighted by molar-refractivity contribution is -0.198. The largest absolute Gasteiger partial charge is 0.457 e. The number of aryl methyl sites for hydroxylation is 1. The Morgan fingerprint density at radius 2 is 1.92 bits per heavy atom. The lowest BCUT2D eigenvalue weighted by Gasteiger charge is -2.21. The van der Waals surface area contributed by atoms with Crippen LogP contribution in [0.1, 0.15) is 17.2 Å². The van der Waals surface area contributed by atoms with Gasteiger partial charge in [-0.1, -0.05) is 29.8 Å². The van der Waals surface area contributed by atoms with Crippen LogP contribution < -0.4 is 4.74 Å². The van der Waals surface area contributed by atoms with E-state index >= 15 is 0 Å². The zero-order valence-corrected chi connectivity index (χ0v) is 13.1. The van der Waals surface area contributed by atoms with Crippen LogP contribution in [0.15, 0.2) is 42.7 Å². The first-order chi connectivity index (χ1) is 11.4. The van der Waals surface area contributed by atoms with Crippen molar-refractivity contribution in [3.8, 4) is 5.88 Å². The topological polar surface area (TPSA) is 47.9 Å². The third-order valence-electron chi connectivity index (χ3n) is 3.34. The molecule has 0 saturated carbocycles. The third-order valence-corrected chi connectivity index (χ3v) is 3.59. The molecular weight excluding hydrogens is 343 g/mol. The van der Waals surface area contributed by atoms with Crippen molar-refractivity contribution in [3.63, 3.8) is 0 Å². The molecule has 2 aromatic heterocycles. The molecule has 0 amide bonds. The summed E-state index contributed by atoms with van der Waals surface area (Å²) in [4.78, 5) is 11.9. The number of halogens is 4. The highest BCUT2D eigenvalue weighted by Gasteiger charge is 2.44. The monoisotopic (exact) mass is 353 g/mol. The van der Waals surface area contributed by atoms with Crippen molar-refractivity contribution in [3.05, 3.63) is 59.0 Å². The van der Waals surface area contributed by atoms with E-state index in [1.165, 1.54) is 18.3 Å². The van der Waals surface area contributed by atoms with Crippen molar-refractivity contribution in [1.29, 1.82) is 0 Å². The highest BCUT2D eigenvalue weighted by Crippen LogP contribution is 2.38. The van der Waals surface area contributed by atoms with Gasteiger partial charge in [0.1, 0.15) is 0 Å². The molecule has 1 aromatic carbocycles. The first-order valence-electron chi connectivity index (χ1n) is 6.92. The molecule has 0 aliphatic heterocycles. The van der Waals surface area contributed by atoms with Crippen LogP contribution in [-0.4, -0.2) is 21.1 Å². The van der Waals surface area contributed by atoms with Crippen LogP contribution in [-0.2, 0) is 0 Å². The molecule has 0 bridgehead atoms. The Bertz CT molecular complexity index is 872. The number of alkyl halides is 3. The van der Waals surface area contributed by atoms with Gasteiger partial charge in [0.15, 0.2) is 5.15 Å². The van der Waals surface area contributed by atoms with E-state index in [-0.39, 0.29) is 16.6 Å². The van der Waals surface area contributed by atoms with E-state index in [9.17, 15) is 13.2 Å². The number of hydrogen-bond donors (Lipinski definition) is 0. The number of aromatic nitrogens is 3. The fourth-order valence-electron chi connectivity index (χ4n) is 2.22. The molecule has 0 radical (unpaired) electrons. The molecule has 0 aliphatic carbocycles. The van der Waals surface area contributed by atoms with Crippen LogP contribution in [0.2, 0.25) is 5.15 Å². The summed E-state index contributed by atoms with van der Waals surface area (Å²) < 4.78 is 45.2. The number of hydrogen-bond acceptors (Lipinski definition) is 4. The van der Waals surface area contributed by atoms with E-state index in [0.29, 0.717) is 11.0 Å². The summed E-state index contributed by atoms with van der Waals surface area (Å²) in [6.07, 6.45) is -4.43. The molecule has 1 unspecified atom stereocenters. The van der Waals surface area contributed by atoms with Crippen molar-refractivity contribution < 1.29 is 17.9 Å². The Labute approximate surface area is 140 Å². The van der Waals surface area contributed by atoms with Crippen LogP contribution in [0.25, 0.3) is 11.0 Å². The van der Waals surface area contributed by atoms with E-state index in [1.54, 1.807) is 25.1 Å². The number of ether oxygens (including phenoxy) is 1. The Morgan fingerprint density at radius 1 is 1.12 bits per heavy atom. The molecule has 0 fully saturated rings. The molecule has 0 aliphatic rings. The highest BCUT2D eigenvalue weighted by molar-refractivity contribution is 6.31. The second-order valence-corrected chi connectivity index (χ2v) is 5.45. The summed E-state index contributed by atoms with van der Waals surface area (Å²) in [6.45, 7) is 1.77. The first kappa shape index (κ1) is 16.4. The summed E-state index contributed by atoms with van der Waals surface area (Å²) in [7, 11) is 0.